The molecule has 0 aromatic carbocycles. The van der Waals surface area contributed by atoms with Crippen LogP contribution < -0.4 is 21.7 Å². The van der Waals surface area contributed by atoms with Gasteiger partial charge in [0.25, 0.3) is 5.91 Å². The third-order valence-corrected chi connectivity index (χ3v) is 4.52. The maximum Gasteiger partial charge on any atom is 0.273 e. The van der Waals surface area contributed by atoms with E-state index in [-0.39, 0.29) is 23.7 Å². The van der Waals surface area contributed by atoms with Crippen molar-refractivity contribution in [3.05, 3.63) is 35.7 Å². The lowest BCUT2D eigenvalue weighted by atomic mass is 9.91. The number of nitrogens with one attached hydrogen (secondary N) is 3. The number of nitriles is 1. The Balaban J connectivity index is 1.81. The van der Waals surface area contributed by atoms with E-state index < -0.39 is 0 Å². The van der Waals surface area contributed by atoms with E-state index in [1.165, 1.54) is 6.20 Å². The van der Waals surface area contributed by atoms with Gasteiger partial charge in [-0.05, 0) is 37.8 Å². The van der Waals surface area contributed by atoms with E-state index in [1.807, 2.05) is 6.07 Å². The summed E-state index contributed by atoms with van der Waals surface area (Å²) in [5, 5.41) is 26.0. The quantitative estimate of drug-likeness (QED) is 0.624. The van der Waals surface area contributed by atoms with E-state index in [0.717, 1.165) is 25.7 Å². The van der Waals surface area contributed by atoms with Crippen LogP contribution >= 0.6 is 0 Å². The average molecular weight is 366 g/mol. The number of carbonyl (C=O) groups is 1. The molecule has 2 aromatic heterocycles. The lowest BCUT2D eigenvalue weighted by Gasteiger charge is -2.28. The van der Waals surface area contributed by atoms with Crippen molar-refractivity contribution in [2.75, 3.05) is 17.7 Å². The monoisotopic (exact) mass is 366 g/mol. The Morgan fingerprint density at radius 1 is 1.22 bits per heavy atom. The summed E-state index contributed by atoms with van der Waals surface area (Å²) in [7, 11) is 1.56. The zero-order valence-electron chi connectivity index (χ0n) is 15.1. The number of nitrogens with two attached hydrogens (primary N) is 1. The molecule has 0 radical (unpaired) electrons. The van der Waals surface area contributed by atoms with E-state index >= 15 is 0 Å². The SMILES string of the molecule is CNC(=O)c1nnc(Nc2ccc(C#N)cn2)cc1NC1CCC(N)CC1. The molecule has 0 saturated heterocycles. The number of amides is 1. The number of nitrogens with zero attached hydrogens (tertiary/aromatic N) is 4. The Kier molecular flexibility index (Phi) is 5.78. The Morgan fingerprint density at radius 3 is 2.63 bits per heavy atom. The van der Waals surface area contributed by atoms with Crippen molar-refractivity contribution in [2.45, 2.75) is 37.8 Å². The Hall–Kier alpha value is -3.25. The van der Waals surface area contributed by atoms with Crippen LogP contribution in [0, 0.1) is 11.3 Å². The molecule has 0 aliphatic heterocycles. The van der Waals surface area contributed by atoms with Crippen LogP contribution in [-0.2, 0) is 0 Å². The lowest BCUT2D eigenvalue weighted by Crippen LogP contribution is -2.33. The molecule has 9 nitrogen and oxygen atoms in total. The average Bonchev–Trinajstić information content (AvgIpc) is 2.70. The molecule has 2 aromatic rings. The minimum atomic E-state index is -0.305. The lowest BCUT2D eigenvalue weighted by molar-refractivity contribution is 0.0958. The van der Waals surface area contributed by atoms with Gasteiger partial charge in [-0.1, -0.05) is 0 Å². The first kappa shape index (κ1) is 18.5. The van der Waals surface area contributed by atoms with Crippen LogP contribution in [0.2, 0.25) is 0 Å². The molecule has 0 unspecified atom stereocenters. The molecule has 1 aliphatic rings. The first-order chi connectivity index (χ1) is 13.1. The fourth-order valence-electron chi connectivity index (χ4n) is 3.00. The Morgan fingerprint density at radius 2 is 2.00 bits per heavy atom. The molecular weight excluding hydrogens is 344 g/mol. The topological polar surface area (TPSA) is 142 Å². The van der Waals surface area contributed by atoms with E-state index in [1.54, 1.807) is 25.2 Å². The van der Waals surface area contributed by atoms with E-state index in [9.17, 15) is 4.79 Å². The maximum absolute atomic E-state index is 12.1. The van der Waals surface area contributed by atoms with Gasteiger partial charge in [0.2, 0.25) is 0 Å². The molecule has 140 valence electrons. The van der Waals surface area contributed by atoms with Gasteiger partial charge >= 0.3 is 0 Å². The van der Waals surface area contributed by atoms with Crippen LogP contribution in [0.3, 0.4) is 0 Å². The summed E-state index contributed by atoms with van der Waals surface area (Å²) in [5.41, 5.74) is 7.29. The van der Waals surface area contributed by atoms with Crippen LogP contribution in [0.15, 0.2) is 24.4 Å². The van der Waals surface area contributed by atoms with Crippen molar-refractivity contribution >= 4 is 23.2 Å². The first-order valence-corrected chi connectivity index (χ1v) is 8.84. The molecule has 3 rings (SSSR count). The van der Waals surface area contributed by atoms with Crippen molar-refractivity contribution in [1.82, 2.24) is 20.5 Å². The Bertz CT molecular complexity index is 837. The highest BCUT2D eigenvalue weighted by Gasteiger charge is 2.21. The van der Waals surface area contributed by atoms with Gasteiger partial charge in [0, 0.05) is 31.4 Å². The van der Waals surface area contributed by atoms with Gasteiger partial charge in [-0.2, -0.15) is 5.26 Å². The first-order valence-electron chi connectivity index (χ1n) is 8.84. The minimum Gasteiger partial charge on any atom is -0.380 e. The fraction of sp³-hybridized carbons (Fsp3) is 0.389. The van der Waals surface area contributed by atoms with E-state index in [4.69, 9.17) is 11.0 Å². The van der Waals surface area contributed by atoms with Crippen LogP contribution in [0.5, 0.6) is 0 Å². The van der Waals surface area contributed by atoms with Crippen molar-refractivity contribution in [1.29, 1.82) is 5.26 Å². The number of hydrogen-bond acceptors (Lipinski definition) is 8. The molecule has 0 bridgehead atoms. The zero-order chi connectivity index (χ0) is 19.2. The molecule has 5 N–H and O–H groups in total. The second kappa shape index (κ2) is 8.42. The van der Waals surface area contributed by atoms with Crippen molar-refractivity contribution < 1.29 is 4.79 Å². The van der Waals surface area contributed by atoms with Crippen LogP contribution in [0.4, 0.5) is 17.3 Å². The molecule has 2 heterocycles. The summed E-state index contributed by atoms with van der Waals surface area (Å²) >= 11 is 0. The summed E-state index contributed by atoms with van der Waals surface area (Å²) < 4.78 is 0. The molecule has 1 fully saturated rings. The second-order valence-electron chi connectivity index (χ2n) is 6.50. The number of rotatable bonds is 5. The summed E-state index contributed by atoms with van der Waals surface area (Å²) in [6.45, 7) is 0. The van der Waals surface area contributed by atoms with Crippen molar-refractivity contribution in [3.8, 4) is 6.07 Å². The molecule has 1 amide bonds. The van der Waals surface area contributed by atoms with Crippen molar-refractivity contribution in [3.63, 3.8) is 0 Å². The largest absolute Gasteiger partial charge is 0.380 e. The fourth-order valence-corrected chi connectivity index (χ4v) is 3.00. The van der Waals surface area contributed by atoms with Gasteiger partial charge in [0.1, 0.15) is 11.9 Å². The third-order valence-electron chi connectivity index (χ3n) is 4.52. The predicted octanol–water partition coefficient (Wildman–Crippen LogP) is 1.53. The molecule has 27 heavy (non-hydrogen) atoms. The highest BCUT2D eigenvalue weighted by atomic mass is 16.1. The smallest absolute Gasteiger partial charge is 0.273 e. The molecule has 0 spiro atoms. The summed E-state index contributed by atoms with van der Waals surface area (Å²) in [6.07, 6.45) is 5.25. The van der Waals surface area contributed by atoms with Crippen molar-refractivity contribution in [2.24, 2.45) is 5.73 Å². The van der Waals surface area contributed by atoms with Crippen LogP contribution in [-0.4, -0.2) is 40.2 Å². The van der Waals surface area contributed by atoms with Gasteiger partial charge in [-0.25, -0.2) is 4.98 Å². The predicted molar refractivity (Wildman–Crippen MR) is 102 cm³/mol. The number of anilines is 3. The van der Waals surface area contributed by atoms with Gasteiger partial charge in [-0.15, -0.1) is 10.2 Å². The highest BCUT2D eigenvalue weighted by molar-refractivity contribution is 5.97. The number of pyridine rings is 1. The summed E-state index contributed by atoms with van der Waals surface area (Å²) in [5.74, 6) is 0.681. The molecule has 9 heteroatoms. The third kappa shape index (κ3) is 4.68. The number of aromatic nitrogens is 3. The number of carbonyl (C=O) groups excluding carboxylic acids is 1. The maximum atomic E-state index is 12.1. The summed E-state index contributed by atoms with van der Waals surface area (Å²) in [4.78, 5) is 16.3. The second-order valence-corrected chi connectivity index (χ2v) is 6.50. The molecule has 0 atom stereocenters. The minimum absolute atomic E-state index is 0.235. The Labute approximate surface area is 157 Å². The highest BCUT2D eigenvalue weighted by Crippen LogP contribution is 2.25. The van der Waals surface area contributed by atoms with E-state index in [0.29, 0.717) is 22.9 Å². The van der Waals surface area contributed by atoms with Gasteiger partial charge in [-0.3, -0.25) is 4.79 Å². The number of hydrogen-bond donors (Lipinski definition) is 4. The van der Waals surface area contributed by atoms with Crippen LogP contribution in [0.1, 0.15) is 41.7 Å². The standard InChI is InChI=1S/C18H22N8O/c1-21-18(27)17-14(23-13-5-3-12(20)4-6-13)8-16(25-26-17)24-15-7-2-11(9-19)10-22-15/h2,7-8,10,12-13H,3-6,20H2,1H3,(H,21,27)(H2,22,23,24,25). The summed E-state index contributed by atoms with van der Waals surface area (Å²) in [6, 6.07) is 7.59. The van der Waals surface area contributed by atoms with Gasteiger partial charge < -0.3 is 21.7 Å². The van der Waals surface area contributed by atoms with E-state index in [2.05, 4.69) is 31.1 Å². The zero-order valence-corrected chi connectivity index (χ0v) is 15.1. The normalized spacial score (nSPS) is 19.0. The molecular formula is C18H22N8O. The van der Waals surface area contributed by atoms with Gasteiger partial charge in [0.15, 0.2) is 11.5 Å². The van der Waals surface area contributed by atoms with Crippen LogP contribution in [0.25, 0.3) is 0 Å². The van der Waals surface area contributed by atoms with Gasteiger partial charge in [0.05, 0.1) is 11.3 Å². The molecule has 1 saturated carbocycles. The molecule has 1 aliphatic carbocycles.